The Kier molecular flexibility index (Phi) is 6.76. The number of aliphatic carboxylic acids is 1. The number of fused-ring (bicyclic) bond motifs is 4. The Labute approximate surface area is 251 Å². The Bertz CT molecular complexity index is 1650. The van der Waals surface area contributed by atoms with Crippen LogP contribution in [0.25, 0.3) is 0 Å². The van der Waals surface area contributed by atoms with E-state index in [4.69, 9.17) is 11.6 Å². The van der Waals surface area contributed by atoms with E-state index in [1.807, 2.05) is 6.08 Å². The fourth-order valence-electron chi connectivity index (χ4n) is 7.91. The van der Waals surface area contributed by atoms with Crippen LogP contribution < -0.4 is 4.90 Å². The van der Waals surface area contributed by atoms with Crippen LogP contribution in [0.4, 0.5) is 10.1 Å². The maximum Gasteiger partial charge on any atom is 0.305 e. The molecule has 4 aliphatic rings. The molecule has 224 valence electrons. The normalized spacial score (nSPS) is 29.9. The number of phenols is 1. The molecule has 43 heavy (non-hydrogen) atoms. The average Bonchev–Trinajstić information content (AvgIpc) is 3.31. The molecule has 2 N–H and O–H groups in total. The highest BCUT2D eigenvalue weighted by Gasteiger charge is 2.67. The first-order valence-electron chi connectivity index (χ1n) is 14.2. The van der Waals surface area contributed by atoms with Crippen molar-refractivity contribution in [3.63, 3.8) is 0 Å². The minimum atomic E-state index is -1.31. The molecule has 6 rings (SSSR count). The molecule has 0 radical (unpaired) electrons. The number of anilines is 1. The number of carbonyl (C=O) groups is 5. The van der Waals surface area contributed by atoms with Crippen molar-refractivity contribution in [3.05, 3.63) is 69.5 Å². The molecule has 2 saturated heterocycles. The highest BCUT2D eigenvalue weighted by Crippen LogP contribution is 2.63. The number of halogens is 2. The standard InChI is InChI=1S/C32H30ClFN2O7/c1-14-10-16(11-15(2)27(14)39)26-18-5-6-19-25(30(42)35(28(19)40)9-8-24(37)38)20(18)13-21-29(41)36(31(43)32(21,26)3)17-4-7-23(34)22(33)12-17/h4-5,7,10-12,19-21,25-26,39H,6,8-9,13H2,1-3H3,(H,37,38)/t19-,20+,21-,25-,26-,32+/m0/s1. The number of allylic oxidation sites excluding steroid dienone is 2. The first kappa shape index (κ1) is 29.0. The largest absolute Gasteiger partial charge is 0.507 e. The van der Waals surface area contributed by atoms with E-state index in [9.17, 15) is 38.6 Å². The van der Waals surface area contributed by atoms with Gasteiger partial charge in [0.05, 0.1) is 40.3 Å². The highest BCUT2D eigenvalue weighted by atomic mass is 35.5. The number of phenolic OH excluding ortho intramolecular Hbond substituents is 1. The first-order chi connectivity index (χ1) is 20.3. The number of aryl methyl sites for hydroxylation is 2. The minimum absolute atomic E-state index is 0.109. The summed E-state index contributed by atoms with van der Waals surface area (Å²) < 4.78 is 14.0. The third-order valence-corrected chi connectivity index (χ3v) is 10.2. The maximum absolute atomic E-state index is 14.4. The van der Waals surface area contributed by atoms with Crippen molar-refractivity contribution < 1.29 is 38.6 Å². The van der Waals surface area contributed by atoms with Crippen molar-refractivity contribution in [2.24, 2.45) is 29.1 Å². The third-order valence-electron chi connectivity index (χ3n) is 9.92. The molecule has 2 aromatic rings. The number of nitrogens with zero attached hydrogens (tertiary/aromatic N) is 2. The van der Waals surface area contributed by atoms with Gasteiger partial charge in [0.15, 0.2) is 0 Å². The number of hydrogen-bond acceptors (Lipinski definition) is 6. The average molecular weight is 609 g/mol. The van der Waals surface area contributed by atoms with Gasteiger partial charge in [0.2, 0.25) is 23.6 Å². The van der Waals surface area contributed by atoms with E-state index in [2.05, 4.69) is 0 Å². The lowest BCUT2D eigenvalue weighted by atomic mass is 9.51. The molecule has 0 spiro atoms. The highest BCUT2D eigenvalue weighted by molar-refractivity contribution is 6.31. The Hall–Kier alpha value is -4.05. The Morgan fingerprint density at radius 1 is 1.05 bits per heavy atom. The topological polar surface area (TPSA) is 132 Å². The summed E-state index contributed by atoms with van der Waals surface area (Å²) in [5.41, 5.74) is 1.45. The van der Waals surface area contributed by atoms with Gasteiger partial charge in [-0.25, -0.2) is 9.29 Å². The lowest BCUT2D eigenvalue weighted by molar-refractivity contribution is -0.142. The third kappa shape index (κ3) is 4.13. The number of likely N-dealkylation sites (tertiary alicyclic amines) is 1. The maximum atomic E-state index is 14.4. The summed E-state index contributed by atoms with van der Waals surface area (Å²) in [6.45, 7) is 4.98. The molecule has 6 atom stereocenters. The lowest BCUT2D eigenvalue weighted by Crippen LogP contribution is -2.49. The molecule has 2 heterocycles. The van der Waals surface area contributed by atoms with Gasteiger partial charge in [0.1, 0.15) is 11.6 Å². The minimum Gasteiger partial charge on any atom is -0.507 e. The van der Waals surface area contributed by atoms with Gasteiger partial charge >= 0.3 is 5.97 Å². The molecular formula is C32H30ClFN2O7. The van der Waals surface area contributed by atoms with E-state index in [1.54, 1.807) is 32.9 Å². The fourth-order valence-corrected chi connectivity index (χ4v) is 8.09. The Morgan fingerprint density at radius 2 is 1.72 bits per heavy atom. The second-order valence-electron chi connectivity index (χ2n) is 12.2. The summed E-state index contributed by atoms with van der Waals surface area (Å²) >= 11 is 6.03. The van der Waals surface area contributed by atoms with Crippen LogP contribution in [0, 0.1) is 48.8 Å². The van der Waals surface area contributed by atoms with Gasteiger partial charge in [-0.2, -0.15) is 0 Å². The van der Waals surface area contributed by atoms with Crippen molar-refractivity contribution in [3.8, 4) is 5.75 Å². The first-order valence-corrected chi connectivity index (χ1v) is 14.6. The van der Waals surface area contributed by atoms with Crippen molar-refractivity contribution in [2.75, 3.05) is 11.4 Å². The van der Waals surface area contributed by atoms with Gasteiger partial charge in [-0.05, 0) is 74.4 Å². The number of benzene rings is 2. The van der Waals surface area contributed by atoms with Crippen LogP contribution in [-0.4, -0.2) is 51.3 Å². The van der Waals surface area contributed by atoms with E-state index in [1.165, 1.54) is 12.1 Å². The van der Waals surface area contributed by atoms with E-state index in [0.717, 1.165) is 21.4 Å². The van der Waals surface area contributed by atoms with Gasteiger partial charge in [-0.1, -0.05) is 35.4 Å². The molecule has 2 aliphatic carbocycles. The second kappa shape index (κ2) is 10.0. The van der Waals surface area contributed by atoms with Crippen LogP contribution in [0.3, 0.4) is 0 Å². The summed E-state index contributed by atoms with van der Waals surface area (Å²) in [6, 6.07) is 7.21. The summed E-state index contributed by atoms with van der Waals surface area (Å²) in [4.78, 5) is 68.9. The van der Waals surface area contributed by atoms with Gasteiger partial charge in [-0.15, -0.1) is 0 Å². The van der Waals surface area contributed by atoms with Crippen LogP contribution in [0.1, 0.15) is 48.8 Å². The van der Waals surface area contributed by atoms with E-state index < -0.39 is 70.4 Å². The molecule has 3 fully saturated rings. The molecule has 0 aromatic heterocycles. The number of hydrogen-bond donors (Lipinski definition) is 2. The van der Waals surface area contributed by atoms with E-state index >= 15 is 0 Å². The monoisotopic (exact) mass is 608 g/mol. The zero-order valence-electron chi connectivity index (χ0n) is 23.8. The van der Waals surface area contributed by atoms with Crippen molar-refractivity contribution in [2.45, 2.75) is 46.0 Å². The molecular weight excluding hydrogens is 579 g/mol. The Morgan fingerprint density at radius 3 is 2.35 bits per heavy atom. The molecule has 2 aromatic carbocycles. The number of imide groups is 2. The number of carboxylic acid groups (broad SMARTS) is 1. The van der Waals surface area contributed by atoms with Crippen LogP contribution >= 0.6 is 11.6 Å². The van der Waals surface area contributed by atoms with Crippen molar-refractivity contribution in [1.82, 2.24) is 4.90 Å². The molecule has 1 saturated carbocycles. The van der Waals surface area contributed by atoms with Gasteiger partial charge in [-0.3, -0.25) is 28.9 Å². The van der Waals surface area contributed by atoms with Gasteiger partial charge < -0.3 is 10.2 Å². The van der Waals surface area contributed by atoms with Crippen LogP contribution in [0.5, 0.6) is 5.75 Å². The number of carboxylic acids is 1. The van der Waals surface area contributed by atoms with Gasteiger partial charge in [0.25, 0.3) is 0 Å². The van der Waals surface area contributed by atoms with Gasteiger partial charge in [0, 0.05) is 12.5 Å². The molecule has 9 nitrogen and oxygen atoms in total. The number of carbonyl (C=O) groups excluding carboxylic acids is 4. The van der Waals surface area contributed by atoms with Crippen molar-refractivity contribution >= 4 is 46.9 Å². The summed E-state index contributed by atoms with van der Waals surface area (Å²) in [5.74, 6) is -7.22. The van der Waals surface area contributed by atoms with Crippen LogP contribution in [0.15, 0.2) is 42.0 Å². The molecule has 0 unspecified atom stereocenters. The number of rotatable bonds is 5. The molecule has 2 aliphatic heterocycles. The molecule has 11 heteroatoms. The zero-order valence-corrected chi connectivity index (χ0v) is 24.5. The Balaban J connectivity index is 1.50. The molecule has 4 amide bonds. The van der Waals surface area contributed by atoms with E-state index in [-0.39, 0.29) is 42.3 Å². The number of amides is 4. The SMILES string of the molecule is Cc1cc([C@H]2C3=CC[C@@H]4C(=O)N(CCC(=O)O)C(=O)[C@@H]4[C@@H]3C[C@H]3C(=O)N(c4ccc(F)c(Cl)c4)C(=O)[C@@]23C)cc(C)c1O. The summed E-state index contributed by atoms with van der Waals surface area (Å²) in [6.07, 6.45) is 1.88. The zero-order chi connectivity index (χ0) is 31.1. The predicted molar refractivity (Wildman–Crippen MR) is 153 cm³/mol. The summed E-state index contributed by atoms with van der Waals surface area (Å²) in [7, 11) is 0. The second-order valence-corrected chi connectivity index (χ2v) is 12.6. The fraction of sp³-hybridized carbons (Fsp3) is 0.406. The molecule has 0 bridgehead atoms. The van der Waals surface area contributed by atoms with Crippen LogP contribution in [0.2, 0.25) is 5.02 Å². The van der Waals surface area contributed by atoms with E-state index in [0.29, 0.717) is 16.7 Å². The number of aromatic hydroxyl groups is 1. The lowest BCUT2D eigenvalue weighted by Gasteiger charge is -2.49. The smallest absolute Gasteiger partial charge is 0.305 e. The van der Waals surface area contributed by atoms with Crippen molar-refractivity contribution in [1.29, 1.82) is 0 Å². The summed E-state index contributed by atoms with van der Waals surface area (Å²) in [5, 5.41) is 19.5. The van der Waals surface area contributed by atoms with Crippen LogP contribution in [-0.2, 0) is 24.0 Å². The predicted octanol–water partition coefficient (Wildman–Crippen LogP) is 4.51. The quantitative estimate of drug-likeness (QED) is 0.377.